The Bertz CT molecular complexity index is 304. The molecule has 0 fully saturated rings. The number of rotatable bonds is 4. The minimum absolute atomic E-state index is 0.245. The molecule has 14 heavy (non-hydrogen) atoms. The SMILES string of the molecule is Fc1cc(CNCC(F)F)ccc1Br. The van der Waals surface area contributed by atoms with Crippen molar-refractivity contribution in [3.63, 3.8) is 0 Å². The molecule has 5 heteroatoms. The lowest BCUT2D eigenvalue weighted by Gasteiger charge is -2.04. The van der Waals surface area contributed by atoms with Crippen LogP contribution in [0, 0.1) is 5.82 Å². The first kappa shape index (κ1) is 11.5. The lowest BCUT2D eigenvalue weighted by atomic mass is 10.2. The van der Waals surface area contributed by atoms with Gasteiger partial charge in [-0.05, 0) is 33.6 Å². The van der Waals surface area contributed by atoms with E-state index in [9.17, 15) is 13.2 Å². The molecule has 0 aliphatic heterocycles. The van der Waals surface area contributed by atoms with Crippen molar-refractivity contribution >= 4 is 15.9 Å². The Hall–Kier alpha value is -0.550. The molecule has 1 nitrogen and oxygen atoms in total. The monoisotopic (exact) mass is 267 g/mol. The molecule has 0 aliphatic rings. The Morgan fingerprint density at radius 2 is 2.07 bits per heavy atom. The first-order valence-electron chi connectivity index (χ1n) is 4.02. The second-order valence-electron chi connectivity index (χ2n) is 2.77. The van der Waals surface area contributed by atoms with Gasteiger partial charge in [-0.2, -0.15) is 0 Å². The summed E-state index contributed by atoms with van der Waals surface area (Å²) < 4.78 is 36.8. The molecule has 1 aromatic carbocycles. The molecule has 0 unspecified atom stereocenters. The molecule has 0 saturated heterocycles. The van der Waals surface area contributed by atoms with Gasteiger partial charge in [0, 0.05) is 6.54 Å². The van der Waals surface area contributed by atoms with Crippen molar-refractivity contribution in [2.24, 2.45) is 0 Å². The third kappa shape index (κ3) is 3.67. The molecule has 1 N–H and O–H groups in total. The Morgan fingerprint density at radius 3 is 2.64 bits per heavy atom. The lowest BCUT2D eigenvalue weighted by Crippen LogP contribution is -2.20. The Morgan fingerprint density at radius 1 is 1.36 bits per heavy atom. The van der Waals surface area contributed by atoms with Gasteiger partial charge in [0.25, 0.3) is 6.43 Å². The van der Waals surface area contributed by atoms with Gasteiger partial charge in [-0.25, -0.2) is 13.2 Å². The van der Waals surface area contributed by atoms with Crippen molar-refractivity contribution in [1.29, 1.82) is 0 Å². The Labute approximate surface area is 88.4 Å². The number of hydrogen-bond acceptors (Lipinski definition) is 1. The first-order chi connectivity index (χ1) is 6.59. The fourth-order valence-corrected chi connectivity index (χ4v) is 1.22. The molecule has 0 aromatic heterocycles. The fourth-order valence-electron chi connectivity index (χ4n) is 0.975. The summed E-state index contributed by atoms with van der Waals surface area (Å²) in [6, 6.07) is 4.53. The number of halogens is 4. The molecule has 1 rings (SSSR count). The highest BCUT2D eigenvalue weighted by Gasteiger charge is 2.03. The highest BCUT2D eigenvalue weighted by Crippen LogP contribution is 2.16. The normalized spacial score (nSPS) is 10.9. The van der Waals surface area contributed by atoms with Gasteiger partial charge >= 0.3 is 0 Å². The molecule has 78 valence electrons. The maximum atomic E-state index is 12.9. The zero-order valence-corrected chi connectivity index (χ0v) is 8.82. The second-order valence-corrected chi connectivity index (χ2v) is 3.62. The summed E-state index contributed by atoms with van der Waals surface area (Å²) in [5.41, 5.74) is 0.645. The van der Waals surface area contributed by atoms with Crippen LogP contribution >= 0.6 is 15.9 Å². The van der Waals surface area contributed by atoms with E-state index in [1.165, 1.54) is 6.07 Å². The number of hydrogen-bond donors (Lipinski definition) is 1. The Kier molecular flexibility index (Phi) is 4.41. The minimum atomic E-state index is -2.38. The second kappa shape index (κ2) is 5.36. The summed E-state index contributed by atoms with van der Waals surface area (Å²) in [6.45, 7) is -0.133. The largest absolute Gasteiger partial charge is 0.307 e. The van der Waals surface area contributed by atoms with Crippen LogP contribution in [0.3, 0.4) is 0 Å². The van der Waals surface area contributed by atoms with Crippen molar-refractivity contribution in [2.75, 3.05) is 6.54 Å². The number of nitrogens with one attached hydrogen (secondary N) is 1. The van der Waals surface area contributed by atoms with E-state index >= 15 is 0 Å². The predicted octanol–water partition coefficient (Wildman–Crippen LogP) is 2.94. The summed E-state index contributed by atoms with van der Waals surface area (Å²) in [5, 5.41) is 2.52. The van der Waals surface area contributed by atoms with E-state index in [-0.39, 0.29) is 18.9 Å². The summed E-state index contributed by atoms with van der Waals surface area (Å²) in [7, 11) is 0. The number of alkyl halides is 2. The van der Waals surface area contributed by atoms with Crippen LogP contribution in [-0.4, -0.2) is 13.0 Å². The van der Waals surface area contributed by atoms with Crippen molar-refractivity contribution in [2.45, 2.75) is 13.0 Å². The minimum Gasteiger partial charge on any atom is -0.307 e. The smallest absolute Gasteiger partial charge is 0.250 e. The fraction of sp³-hybridized carbons (Fsp3) is 0.333. The van der Waals surface area contributed by atoms with Crippen LogP contribution in [0.2, 0.25) is 0 Å². The van der Waals surface area contributed by atoms with E-state index in [0.29, 0.717) is 10.0 Å². The predicted molar refractivity (Wildman–Crippen MR) is 51.8 cm³/mol. The van der Waals surface area contributed by atoms with Crippen molar-refractivity contribution in [3.8, 4) is 0 Å². The van der Waals surface area contributed by atoms with Gasteiger partial charge in [0.05, 0.1) is 11.0 Å². The first-order valence-corrected chi connectivity index (χ1v) is 4.81. The van der Waals surface area contributed by atoms with E-state index in [1.807, 2.05) is 0 Å². The van der Waals surface area contributed by atoms with Crippen LogP contribution in [0.5, 0.6) is 0 Å². The molecule has 0 amide bonds. The quantitative estimate of drug-likeness (QED) is 0.885. The lowest BCUT2D eigenvalue weighted by molar-refractivity contribution is 0.145. The molecular formula is C9H9BrF3N. The van der Waals surface area contributed by atoms with Crippen LogP contribution in [0.25, 0.3) is 0 Å². The van der Waals surface area contributed by atoms with E-state index in [1.54, 1.807) is 12.1 Å². The standard InChI is InChI=1S/C9H9BrF3N/c10-7-2-1-6(3-8(7)11)4-14-5-9(12)13/h1-3,9,14H,4-5H2. The molecule has 0 bridgehead atoms. The summed E-state index contributed by atoms with van der Waals surface area (Å²) in [4.78, 5) is 0. The van der Waals surface area contributed by atoms with Crippen LogP contribution in [0.4, 0.5) is 13.2 Å². The average molecular weight is 268 g/mol. The summed E-state index contributed by atoms with van der Waals surface area (Å²) in [5.74, 6) is -0.388. The van der Waals surface area contributed by atoms with Gasteiger partial charge in [-0.15, -0.1) is 0 Å². The van der Waals surface area contributed by atoms with Crippen molar-refractivity contribution in [1.82, 2.24) is 5.32 Å². The van der Waals surface area contributed by atoms with Gasteiger partial charge in [-0.3, -0.25) is 0 Å². The van der Waals surface area contributed by atoms with Crippen molar-refractivity contribution in [3.05, 3.63) is 34.1 Å². The van der Waals surface area contributed by atoms with Gasteiger partial charge in [0.2, 0.25) is 0 Å². The average Bonchev–Trinajstić information content (AvgIpc) is 2.10. The molecular weight excluding hydrogens is 259 g/mol. The number of benzene rings is 1. The highest BCUT2D eigenvalue weighted by atomic mass is 79.9. The Balaban J connectivity index is 2.47. The van der Waals surface area contributed by atoms with E-state index in [2.05, 4.69) is 21.2 Å². The van der Waals surface area contributed by atoms with E-state index in [0.717, 1.165) is 0 Å². The highest BCUT2D eigenvalue weighted by molar-refractivity contribution is 9.10. The van der Waals surface area contributed by atoms with E-state index in [4.69, 9.17) is 0 Å². The van der Waals surface area contributed by atoms with Crippen molar-refractivity contribution < 1.29 is 13.2 Å². The van der Waals surface area contributed by atoms with Gasteiger partial charge in [0.1, 0.15) is 5.82 Å². The zero-order valence-electron chi connectivity index (χ0n) is 7.24. The van der Waals surface area contributed by atoms with Crippen LogP contribution < -0.4 is 5.32 Å². The third-order valence-corrected chi connectivity index (χ3v) is 2.25. The topological polar surface area (TPSA) is 12.0 Å². The van der Waals surface area contributed by atoms with Gasteiger partial charge in [0.15, 0.2) is 0 Å². The third-order valence-electron chi connectivity index (χ3n) is 1.61. The molecule has 0 aliphatic carbocycles. The van der Waals surface area contributed by atoms with E-state index < -0.39 is 6.43 Å². The maximum absolute atomic E-state index is 12.9. The summed E-state index contributed by atoms with van der Waals surface area (Å²) in [6.07, 6.45) is -2.38. The van der Waals surface area contributed by atoms with Crippen LogP contribution in [0.15, 0.2) is 22.7 Å². The molecule has 0 saturated carbocycles. The van der Waals surface area contributed by atoms with Gasteiger partial charge in [-0.1, -0.05) is 6.07 Å². The van der Waals surface area contributed by atoms with Gasteiger partial charge < -0.3 is 5.32 Å². The molecule has 0 spiro atoms. The molecule has 0 radical (unpaired) electrons. The van der Waals surface area contributed by atoms with Crippen LogP contribution in [0.1, 0.15) is 5.56 Å². The molecule has 0 atom stereocenters. The molecule has 1 aromatic rings. The maximum Gasteiger partial charge on any atom is 0.250 e. The zero-order chi connectivity index (χ0) is 10.6. The van der Waals surface area contributed by atoms with Crippen LogP contribution in [-0.2, 0) is 6.54 Å². The molecule has 0 heterocycles. The summed E-state index contributed by atoms with van der Waals surface area (Å²) >= 11 is 3.01.